The predicted molar refractivity (Wildman–Crippen MR) is 72.0 cm³/mol. The van der Waals surface area contributed by atoms with Gasteiger partial charge in [0.2, 0.25) is 0 Å². The van der Waals surface area contributed by atoms with Crippen LogP contribution in [0.25, 0.3) is 0 Å². The molecule has 2 N–H and O–H groups in total. The van der Waals surface area contributed by atoms with Gasteiger partial charge in [0.05, 0.1) is 12.8 Å². The van der Waals surface area contributed by atoms with E-state index in [9.17, 15) is 0 Å². The van der Waals surface area contributed by atoms with Gasteiger partial charge in [0.25, 0.3) is 0 Å². The largest absolute Gasteiger partial charge is 0.495 e. The van der Waals surface area contributed by atoms with E-state index in [-0.39, 0.29) is 6.61 Å². The number of anilines is 1. The van der Waals surface area contributed by atoms with E-state index < -0.39 is 0 Å². The van der Waals surface area contributed by atoms with E-state index in [4.69, 9.17) is 21.4 Å². The Morgan fingerprint density at radius 3 is 2.71 bits per heavy atom. The van der Waals surface area contributed by atoms with Crippen LogP contribution in [0.3, 0.4) is 0 Å². The zero-order valence-corrected chi connectivity index (χ0v) is 11.0. The van der Waals surface area contributed by atoms with E-state index >= 15 is 0 Å². The van der Waals surface area contributed by atoms with Gasteiger partial charge in [0.15, 0.2) is 0 Å². The van der Waals surface area contributed by atoms with Gasteiger partial charge in [-0.05, 0) is 31.0 Å². The van der Waals surface area contributed by atoms with Crippen LogP contribution in [0.2, 0.25) is 5.02 Å². The molecular formula is C13H20ClNO2. The van der Waals surface area contributed by atoms with Crippen LogP contribution in [0.4, 0.5) is 5.69 Å². The highest BCUT2D eigenvalue weighted by Crippen LogP contribution is 2.27. The number of halogens is 1. The molecule has 0 atom stereocenters. The number of hydrogen-bond acceptors (Lipinski definition) is 3. The fourth-order valence-electron chi connectivity index (χ4n) is 1.63. The third-order valence-corrected chi connectivity index (χ3v) is 2.80. The van der Waals surface area contributed by atoms with Crippen molar-refractivity contribution in [3.8, 4) is 5.75 Å². The summed E-state index contributed by atoms with van der Waals surface area (Å²) < 4.78 is 5.24. The van der Waals surface area contributed by atoms with E-state index in [1.807, 2.05) is 18.2 Å². The highest BCUT2D eigenvalue weighted by atomic mass is 35.5. The summed E-state index contributed by atoms with van der Waals surface area (Å²) in [6.07, 6.45) is 4.16. The molecule has 1 aromatic carbocycles. The van der Waals surface area contributed by atoms with Crippen LogP contribution in [0.1, 0.15) is 25.7 Å². The molecule has 96 valence electrons. The second-order valence-corrected chi connectivity index (χ2v) is 4.35. The van der Waals surface area contributed by atoms with Crippen molar-refractivity contribution >= 4 is 17.3 Å². The van der Waals surface area contributed by atoms with Crippen LogP contribution >= 0.6 is 11.6 Å². The summed E-state index contributed by atoms with van der Waals surface area (Å²) in [5.41, 5.74) is 0.933. The molecule has 1 rings (SSSR count). The second kappa shape index (κ2) is 8.20. The van der Waals surface area contributed by atoms with E-state index in [1.54, 1.807) is 7.11 Å². The molecule has 0 aromatic heterocycles. The quantitative estimate of drug-likeness (QED) is 0.702. The molecule has 0 heterocycles. The first-order chi connectivity index (χ1) is 8.27. The fraction of sp³-hybridized carbons (Fsp3) is 0.538. The van der Waals surface area contributed by atoms with Crippen LogP contribution in [0, 0.1) is 0 Å². The van der Waals surface area contributed by atoms with Crippen molar-refractivity contribution in [3.05, 3.63) is 23.2 Å². The predicted octanol–water partition coefficient (Wildman–Crippen LogP) is 3.31. The average Bonchev–Trinajstić information content (AvgIpc) is 2.34. The van der Waals surface area contributed by atoms with Gasteiger partial charge in [-0.15, -0.1) is 0 Å². The van der Waals surface area contributed by atoms with Crippen LogP contribution in [0.5, 0.6) is 5.75 Å². The summed E-state index contributed by atoms with van der Waals surface area (Å²) >= 11 is 5.93. The lowest BCUT2D eigenvalue weighted by Gasteiger charge is -2.11. The van der Waals surface area contributed by atoms with Crippen LogP contribution in [0.15, 0.2) is 18.2 Å². The van der Waals surface area contributed by atoms with Gasteiger partial charge < -0.3 is 15.2 Å². The summed E-state index contributed by atoms with van der Waals surface area (Å²) in [5, 5.41) is 12.7. The molecule has 0 radical (unpaired) electrons. The Bertz CT molecular complexity index is 331. The van der Waals surface area contributed by atoms with Crippen molar-refractivity contribution in [3.63, 3.8) is 0 Å². The summed E-state index contributed by atoms with van der Waals surface area (Å²) in [5.74, 6) is 0.810. The van der Waals surface area contributed by atoms with Crippen LogP contribution < -0.4 is 10.1 Å². The number of nitrogens with one attached hydrogen (secondary N) is 1. The third kappa shape index (κ3) is 5.29. The summed E-state index contributed by atoms with van der Waals surface area (Å²) in [6, 6.07) is 5.54. The lowest BCUT2D eigenvalue weighted by Crippen LogP contribution is -2.03. The third-order valence-electron chi connectivity index (χ3n) is 2.56. The molecule has 0 amide bonds. The highest BCUT2D eigenvalue weighted by Gasteiger charge is 2.02. The van der Waals surface area contributed by atoms with Gasteiger partial charge in [-0.25, -0.2) is 0 Å². The minimum Gasteiger partial charge on any atom is -0.495 e. The van der Waals surface area contributed by atoms with E-state index in [1.165, 1.54) is 0 Å². The second-order valence-electron chi connectivity index (χ2n) is 3.91. The van der Waals surface area contributed by atoms with Crippen LogP contribution in [-0.2, 0) is 0 Å². The van der Waals surface area contributed by atoms with Gasteiger partial charge >= 0.3 is 0 Å². The zero-order chi connectivity index (χ0) is 12.5. The number of ether oxygens (including phenoxy) is 1. The van der Waals surface area contributed by atoms with E-state index in [2.05, 4.69) is 5.32 Å². The Labute approximate surface area is 108 Å². The monoisotopic (exact) mass is 257 g/mol. The number of unbranched alkanes of at least 4 members (excludes halogenated alkanes) is 3. The molecule has 4 heteroatoms. The minimum atomic E-state index is 0.287. The van der Waals surface area contributed by atoms with Crippen molar-refractivity contribution < 1.29 is 9.84 Å². The number of rotatable bonds is 8. The average molecular weight is 258 g/mol. The van der Waals surface area contributed by atoms with Gasteiger partial charge in [0, 0.05) is 18.2 Å². The maximum absolute atomic E-state index is 8.65. The molecule has 0 saturated heterocycles. The number of methoxy groups -OCH3 is 1. The Morgan fingerprint density at radius 2 is 2.00 bits per heavy atom. The van der Waals surface area contributed by atoms with Crippen molar-refractivity contribution in [2.45, 2.75) is 25.7 Å². The van der Waals surface area contributed by atoms with Crippen molar-refractivity contribution in [2.75, 3.05) is 25.6 Å². The Balaban J connectivity index is 2.32. The van der Waals surface area contributed by atoms with Crippen LogP contribution in [-0.4, -0.2) is 25.4 Å². The van der Waals surface area contributed by atoms with Crippen molar-refractivity contribution in [1.82, 2.24) is 0 Å². The molecule has 0 aliphatic rings. The standard InChI is InChI=1S/C13H20ClNO2/c1-17-13-7-6-11(14)10-12(13)15-8-4-2-3-5-9-16/h6-7,10,15-16H,2-5,8-9H2,1H3. The first-order valence-corrected chi connectivity index (χ1v) is 6.34. The smallest absolute Gasteiger partial charge is 0.142 e. The minimum absolute atomic E-state index is 0.287. The lowest BCUT2D eigenvalue weighted by atomic mass is 10.2. The summed E-state index contributed by atoms with van der Waals surface area (Å²) in [7, 11) is 1.65. The normalized spacial score (nSPS) is 10.3. The zero-order valence-electron chi connectivity index (χ0n) is 10.2. The molecule has 3 nitrogen and oxygen atoms in total. The number of benzene rings is 1. The number of aliphatic hydroxyl groups is 1. The maximum Gasteiger partial charge on any atom is 0.142 e. The number of hydrogen-bond donors (Lipinski definition) is 2. The molecule has 0 unspecified atom stereocenters. The topological polar surface area (TPSA) is 41.5 Å². The molecule has 0 aliphatic heterocycles. The SMILES string of the molecule is COc1ccc(Cl)cc1NCCCCCCO. The Morgan fingerprint density at radius 1 is 1.24 bits per heavy atom. The Hall–Kier alpha value is -0.930. The molecule has 0 saturated carbocycles. The highest BCUT2D eigenvalue weighted by molar-refractivity contribution is 6.30. The van der Waals surface area contributed by atoms with E-state index in [0.29, 0.717) is 5.02 Å². The van der Waals surface area contributed by atoms with Gasteiger partial charge in [-0.2, -0.15) is 0 Å². The van der Waals surface area contributed by atoms with Gasteiger partial charge in [0.1, 0.15) is 5.75 Å². The summed E-state index contributed by atoms with van der Waals surface area (Å²) in [6.45, 7) is 1.18. The Kier molecular flexibility index (Phi) is 6.82. The molecule has 0 fully saturated rings. The summed E-state index contributed by atoms with van der Waals surface area (Å²) in [4.78, 5) is 0. The molecule has 0 bridgehead atoms. The first-order valence-electron chi connectivity index (χ1n) is 5.96. The molecule has 0 aliphatic carbocycles. The molecule has 17 heavy (non-hydrogen) atoms. The molecule has 1 aromatic rings. The van der Waals surface area contributed by atoms with Crippen molar-refractivity contribution in [2.24, 2.45) is 0 Å². The fourth-order valence-corrected chi connectivity index (χ4v) is 1.80. The molecule has 0 spiro atoms. The van der Waals surface area contributed by atoms with Gasteiger partial charge in [-0.1, -0.05) is 24.4 Å². The number of aliphatic hydroxyl groups excluding tert-OH is 1. The maximum atomic E-state index is 8.65. The van der Waals surface area contributed by atoms with Gasteiger partial charge in [-0.3, -0.25) is 0 Å². The van der Waals surface area contributed by atoms with E-state index in [0.717, 1.165) is 43.7 Å². The lowest BCUT2D eigenvalue weighted by molar-refractivity contribution is 0.283. The molecular weight excluding hydrogens is 238 g/mol. The first kappa shape index (κ1) is 14.1. The van der Waals surface area contributed by atoms with Crippen molar-refractivity contribution in [1.29, 1.82) is 0 Å².